The Morgan fingerprint density at radius 3 is 3.36 bits per heavy atom. The van der Waals surface area contributed by atoms with Crippen LogP contribution in [-0.4, -0.2) is 18.5 Å². The molecule has 3 nitrogen and oxygen atoms in total. The van der Waals surface area contributed by atoms with Gasteiger partial charge in [-0.25, -0.2) is 0 Å². The molecule has 1 unspecified atom stereocenters. The molecular weight excluding hydrogens is 140 g/mol. The molecule has 1 aliphatic carbocycles. The number of carbonyl (C=O) groups excluding carboxylic acids is 1. The first-order valence-electron chi connectivity index (χ1n) is 3.74. The minimum absolute atomic E-state index is 0.0787. The zero-order chi connectivity index (χ0) is 7.68. The third-order valence-electron chi connectivity index (χ3n) is 1.96. The predicted molar refractivity (Wildman–Crippen MR) is 41.8 cm³/mol. The van der Waals surface area contributed by atoms with Gasteiger partial charge in [0.15, 0.2) is 5.78 Å². The number of Topliss-reactive ketones (excluding diaryl/α,β-unsaturated/α-hetero) is 1. The fourth-order valence-electron chi connectivity index (χ4n) is 1.38. The number of ketones is 1. The van der Waals surface area contributed by atoms with Crippen LogP contribution in [0.5, 0.6) is 0 Å². The Morgan fingerprint density at radius 1 is 1.55 bits per heavy atom. The van der Waals surface area contributed by atoms with Gasteiger partial charge in [0, 0.05) is 12.1 Å². The molecule has 0 aromatic rings. The van der Waals surface area contributed by atoms with Crippen molar-refractivity contribution in [3.63, 3.8) is 0 Å². The summed E-state index contributed by atoms with van der Waals surface area (Å²) >= 11 is 0. The molecule has 1 heterocycles. The van der Waals surface area contributed by atoms with Crippen LogP contribution in [0.15, 0.2) is 23.9 Å². The lowest BCUT2D eigenvalue weighted by molar-refractivity contribution is -0.119. The van der Waals surface area contributed by atoms with Crippen LogP contribution in [0.3, 0.4) is 0 Å². The topological polar surface area (TPSA) is 41.1 Å². The molecule has 0 spiro atoms. The summed E-state index contributed by atoms with van der Waals surface area (Å²) in [6.07, 6.45) is 6.30. The molecule has 2 aliphatic rings. The minimum atomic E-state index is -0.0787. The monoisotopic (exact) mass is 150 g/mol. The van der Waals surface area contributed by atoms with E-state index in [2.05, 4.69) is 10.6 Å². The summed E-state index contributed by atoms with van der Waals surface area (Å²) in [6.45, 7) is 0.704. The van der Waals surface area contributed by atoms with Crippen LogP contribution in [0.25, 0.3) is 0 Å². The third kappa shape index (κ3) is 1.07. The highest BCUT2D eigenvalue weighted by atomic mass is 16.1. The molecule has 0 aromatic carbocycles. The first kappa shape index (κ1) is 6.61. The maximum atomic E-state index is 11.3. The molecule has 0 bridgehead atoms. The van der Waals surface area contributed by atoms with Gasteiger partial charge in [-0.05, 0) is 6.08 Å². The van der Waals surface area contributed by atoms with Crippen molar-refractivity contribution < 1.29 is 4.79 Å². The smallest absolute Gasteiger partial charge is 0.159 e. The first-order chi connectivity index (χ1) is 5.38. The summed E-state index contributed by atoms with van der Waals surface area (Å²) in [5.74, 6) is 0.245. The molecule has 11 heavy (non-hydrogen) atoms. The van der Waals surface area contributed by atoms with Gasteiger partial charge in [-0.15, -0.1) is 0 Å². The Morgan fingerprint density at radius 2 is 2.45 bits per heavy atom. The van der Waals surface area contributed by atoms with Crippen molar-refractivity contribution in [3.05, 3.63) is 23.9 Å². The van der Waals surface area contributed by atoms with E-state index in [4.69, 9.17) is 0 Å². The lowest BCUT2D eigenvalue weighted by Gasteiger charge is -2.05. The zero-order valence-corrected chi connectivity index (χ0v) is 6.13. The minimum Gasteiger partial charge on any atom is -0.374 e. The van der Waals surface area contributed by atoms with Gasteiger partial charge in [0.25, 0.3) is 0 Å². The third-order valence-corrected chi connectivity index (χ3v) is 1.96. The Kier molecular flexibility index (Phi) is 1.51. The van der Waals surface area contributed by atoms with E-state index in [0.29, 0.717) is 13.1 Å². The summed E-state index contributed by atoms with van der Waals surface area (Å²) in [5.41, 5.74) is 1.00. The van der Waals surface area contributed by atoms with E-state index in [-0.39, 0.29) is 11.8 Å². The average Bonchev–Trinajstić information content (AvgIpc) is 2.40. The second kappa shape index (κ2) is 2.51. The van der Waals surface area contributed by atoms with Crippen molar-refractivity contribution in [2.45, 2.75) is 12.5 Å². The Labute approximate surface area is 65.2 Å². The highest BCUT2D eigenvalue weighted by Crippen LogP contribution is 2.11. The van der Waals surface area contributed by atoms with Crippen LogP contribution in [-0.2, 0) is 4.79 Å². The highest BCUT2D eigenvalue weighted by Gasteiger charge is 2.26. The van der Waals surface area contributed by atoms with Crippen molar-refractivity contribution in [2.24, 2.45) is 0 Å². The van der Waals surface area contributed by atoms with Crippen molar-refractivity contribution in [1.29, 1.82) is 0 Å². The molecule has 1 aliphatic heterocycles. The highest BCUT2D eigenvalue weighted by molar-refractivity contribution is 5.89. The van der Waals surface area contributed by atoms with Gasteiger partial charge in [-0.2, -0.15) is 0 Å². The van der Waals surface area contributed by atoms with Crippen LogP contribution >= 0.6 is 0 Å². The molecule has 0 radical (unpaired) electrons. The second-order valence-corrected chi connectivity index (χ2v) is 2.71. The molecule has 1 atom stereocenters. The van der Waals surface area contributed by atoms with E-state index >= 15 is 0 Å². The van der Waals surface area contributed by atoms with Crippen LogP contribution in [0.1, 0.15) is 6.42 Å². The summed E-state index contributed by atoms with van der Waals surface area (Å²) in [7, 11) is 0. The maximum Gasteiger partial charge on any atom is 0.159 e. The van der Waals surface area contributed by atoms with Gasteiger partial charge in [0.1, 0.15) is 6.04 Å². The van der Waals surface area contributed by atoms with Gasteiger partial charge in [-0.3, -0.25) is 10.1 Å². The number of hydrogen-bond donors (Lipinski definition) is 2. The first-order valence-corrected chi connectivity index (χ1v) is 3.74. The molecule has 0 aromatic heterocycles. The van der Waals surface area contributed by atoms with E-state index in [1.165, 1.54) is 0 Å². The lowest BCUT2D eigenvalue weighted by atomic mass is 10.1. The quantitative estimate of drug-likeness (QED) is 0.507. The number of allylic oxidation sites excluding steroid dienone is 3. The van der Waals surface area contributed by atoms with E-state index in [1.807, 2.05) is 18.2 Å². The largest absolute Gasteiger partial charge is 0.374 e. The number of hydrogen-bond acceptors (Lipinski definition) is 3. The van der Waals surface area contributed by atoms with Crippen molar-refractivity contribution in [3.8, 4) is 0 Å². The van der Waals surface area contributed by atoms with E-state index in [0.717, 1.165) is 5.70 Å². The van der Waals surface area contributed by atoms with Gasteiger partial charge < -0.3 is 5.32 Å². The van der Waals surface area contributed by atoms with Crippen LogP contribution in [0.2, 0.25) is 0 Å². The average molecular weight is 150 g/mol. The summed E-state index contributed by atoms with van der Waals surface area (Å²) < 4.78 is 0. The fourth-order valence-corrected chi connectivity index (χ4v) is 1.38. The molecular formula is C8H10N2O. The van der Waals surface area contributed by atoms with E-state index in [1.54, 1.807) is 0 Å². The number of nitrogens with one attached hydrogen (secondary N) is 2. The summed E-state index contributed by atoms with van der Waals surface area (Å²) in [4.78, 5) is 11.3. The molecule has 1 fully saturated rings. The molecule has 0 amide bonds. The van der Waals surface area contributed by atoms with Crippen LogP contribution < -0.4 is 10.6 Å². The number of fused-ring (bicyclic) bond motifs is 1. The molecule has 58 valence electrons. The second-order valence-electron chi connectivity index (χ2n) is 2.71. The van der Waals surface area contributed by atoms with E-state index < -0.39 is 0 Å². The fraction of sp³-hybridized carbons (Fsp3) is 0.375. The molecule has 2 N–H and O–H groups in total. The van der Waals surface area contributed by atoms with Gasteiger partial charge in [0.05, 0.1) is 6.67 Å². The zero-order valence-electron chi connectivity index (χ0n) is 6.13. The Hall–Kier alpha value is -1.09. The van der Waals surface area contributed by atoms with Gasteiger partial charge in [-0.1, -0.05) is 12.2 Å². The van der Waals surface area contributed by atoms with Gasteiger partial charge >= 0.3 is 0 Å². The molecule has 1 saturated heterocycles. The predicted octanol–water partition coefficient (Wildman–Crippen LogP) is -0.0818. The van der Waals surface area contributed by atoms with Crippen LogP contribution in [0, 0.1) is 0 Å². The molecule has 0 saturated carbocycles. The lowest BCUT2D eigenvalue weighted by Crippen LogP contribution is -2.31. The molecule has 3 heteroatoms. The van der Waals surface area contributed by atoms with Crippen molar-refractivity contribution in [2.75, 3.05) is 6.67 Å². The number of rotatable bonds is 0. The number of carbonyl (C=O) groups is 1. The maximum absolute atomic E-state index is 11.3. The Balaban J connectivity index is 2.29. The van der Waals surface area contributed by atoms with Crippen molar-refractivity contribution in [1.82, 2.24) is 10.6 Å². The normalized spacial score (nSPS) is 28.9. The Bertz CT molecular complexity index is 242. The SMILES string of the molecule is O=C1CC=CC=C2NCNC12. The van der Waals surface area contributed by atoms with E-state index in [9.17, 15) is 4.79 Å². The van der Waals surface area contributed by atoms with Crippen molar-refractivity contribution >= 4 is 5.78 Å². The van der Waals surface area contributed by atoms with Crippen LogP contribution in [0.4, 0.5) is 0 Å². The summed E-state index contributed by atoms with van der Waals surface area (Å²) in [5, 5.41) is 6.19. The summed E-state index contributed by atoms with van der Waals surface area (Å²) in [6, 6.07) is -0.0787. The standard InChI is InChI=1S/C8H10N2O/c11-7-4-2-1-3-6-8(7)10-5-9-6/h1-3,8-10H,4-5H2. The molecule has 2 rings (SSSR count). The van der Waals surface area contributed by atoms with Gasteiger partial charge in [0.2, 0.25) is 0 Å².